The molecule has 0 atom stereocenters. The van der Waals surface area contributed by atoms with Crippen LogP contribution in [-0.2, 0) is 11.3 Å². The Morgan fingerprint density at radius 3 is 3.00 bits per heavy atom. The van der Waals surface area contributed by atoms with Gasteiger partial charge in [0.15, 0.2) is 0 Å². The zero-order valence-electron chi connectivity index (χ0n) is 4.48. The third kappa shape index (κ3) is 1.01. The Morgan fingerprint density at radius 1 is 1.78 bits per heavy atom. The Hall–Kier alpha value is -1.46. The number of carbonyl (C=O) groups excluding carboxylic acids is 1. The minimum absolute atomic E-state index is 0.0150. The third-order valence-electron chi connectivity index (χ3n) is 0.774. The molecule has 0 spiro atoms. The Morgan fingerprint density at radius 2 is 2.56 bits per heavy atom. The molecule has 9 heavy (non-hydrogen) atoms. The van der Waals surface area contributed by atoms with Gasteiger partial charge in [0.1, 0.15) is 6.54 Å². The molecule has 47 valence electrons. The Balaban J connectivity index is 2.80. The summed E-state index contributed by atoms with van der Waals surface area (Å²) in [5.41, 5.74) is 5.17. The molecule has 0 aliphatic carbocycles. The summed E-state index contributed by atoms with van der Waals surface area (Å²) in [5, 5.41) is 9.91. The van der Waals surface area contributed by atoms with Gasteiger partial charge in [0.05, 0.1) is 0 Å². The molecule has 1 radical (unpaired) electrons. The number of hydrogen-bond acceptors (Lipinski definition) is 5. The molecule has 0 fully saturated rings. The molecule has 0 aromatic carbocycles. The van der Waals surface area contributed by atoms with Gasteiger partial charge in [-0.25, -0.2) is 4.68 Å². The van der Waals surface area contributed by atoms with Crippen LogP contribution in [0.1, 0.15) is 0 Å². The van der Waals surface area contributed by atoms with Crippen LogP contribution in [-0.4, -0.2) is 26.5 Å². The van der Waals surface area contributed by atoms with Crippen LogP contribution < -0.4 is 5.73 Å². The van der Waals surface area contributed by atoms with Gasteiger partial charge < -0.3 is 5.73 Å². The number of tetrazole rings is 1. The lowest BCUT2D eigenvalue weighted by molar-refractivity contribution is 0.536. The fourth-order valence-corrected chi connectivity index (χ4v) is 0.385. The number of nitrogen functional groups attached to an aromatic ring is 1. The van der Waals surface area contributed by atoms with Gasteiger partial charge in [-0.3, -0.25) is 4.79 Å². The van der Waals surface area contributed by atoms with Crippen molar-refractivity contribution in [2.75, 3.05) is 5.73 Å². The highest BCUT2D eigenvalue weighted by Gasteiger charge is 1.97. The average molecular weight is 126 g/mol. The summed E-state index contributed by atoms with van der Waals surface area (Å²) >= 11 is 0. The highest BCUT2D eigenvalue weighted by Crippen LogP contribution is 1.87. The van der Waals surface area contributed by atoms with Gasteiger partial charge in [0, 0.05) is 0 Å². The molecular weight excluding hydrogens is 122 g/mol. The minimum Gasteiger partial charge on any atom is -0.367 e. The molecule has 1 aromatic rings. The Bertz CT molecular complexity index is 206. The van der Waals surface area contributed by atoms with Gasteiger partial charge in [-0.1, -0.05) is 5.10 Å². The lowest BCUT2D eigenvalue weighted by Gasteiger charge is -1.88. The van der Waals surface area contributed by atoms with Crippen molar-refractivity contribution < 1.29 is 4.79 Å². The summed E-state index contributed by atoms with van der Waals surface area (Å²) in [6.07, 6.45) is 1.60. The molecule has 0 aliphatic heterocycles. The smallest absolute Gasteiger partial charge is 0.240 e. The maximum absolute atomic E-state index is 9.73. The van der Waals surface area contributed by atoms with E-state index in [1.165, 1.54) is 0 Å². The van der Waals surface area contributed by atoms with Crippen LogP contribution in [0.15, 0.2) is 0 Å². The summed E-state index contributed by atoms with van der Waals surface area (Å²) in [6.45, 7) is -0.0150. The van der Waals surface area contributed by atoms with Gasteiger partial charge in [-0.05, 0) is 10.4 Å². The van der Waals surface area contributed by atoms with Crippen molar-refractivity contribution in [3.8, 4) is 0 Å². The second-order valence-electron chi connectivity index (χ2n) is 1.34. The second kappa shape index (κ2) is 2.21. The minimum atomic E-state index is -0.0150. The van der Waals surface area contributed by atoms with Gasteiger partial charge in [-0.15, -0.1) is 0 Å². The normalized spacial score (nSPS) is 9.33. The molecule has 1 aromatic heterocycles. The molecule has 6 heteroatoms. The van der Waals surface area contributed by atoms with E-state index in [-0.39, 0.29) is 12.5 Å². The first-order chi connectivity index (χ1) is 4.34. The summed E-state index contributed by atoms with van der Waals surface area (Å²) in [4.78, 5) is 9.73. The van der Waals surface area contributed by atoms with E-state index in [1.807, 2.05) is 0 Å². The molecule has 0 amide bonds. The van der Waals surface area contributed by atoms with Crippen LogP contribution in [0.4, 0.5) is 5.95 Å². The third-order valence-corrected chi connectivity index (χ3v) is 0.774. The number of aromatic nitrogens is 4. The predicted molar refractivity (Wildman–Crippen MR) is 27.9 cm³/mol. The van der Waals surface area contributed by atoms with Gasteiger partial charge in [0.2, 0.25) is 12.2 Å². The quantitative estimate of drug-likeness (QED) is 0.513. The molecular formula is C3H4N5O. The Kier molecular flexibility index (Phi) is 1.39. The van der Waals surface area contributed by atoms with Crippen molar-refractivity contribution in [2.24, 2.45) is 0 Å². The first-order valence-corrected chi connectivity index (χ1v) is 2.21. The maximum atomic E-state index is 9.73. The summed E-state index contributed by atoms with van der Waals surface area (Å²) in [5.74, 6) is 0.123. The van der Waals surface area contributed by atoms with Crippen molar-refractivity contribution in [1.82, 2.24) is 20.2 Å². The Labute approximate surface area is 50.6 Å². The number of nitrogens with zero attached hydrogens (tertiary/aromatic N) is 4. The van der Waals surface area contributed by atoms with Crippen molar-refractivity contribution in [2.45, 2.75) is 6.54 Å². The largest absolute Gasteiger partial charge is 0.367 e. The van der Waals surface area contributed by atoms with Crippen molar-refractivity contribution >= 4 is 12.2 Å². The summed E-state index contributed by atoms with van der Waals surface area (Å²) in [7, 11) is 0. The standard InChI is InChI=1S/C3H4N5O/c4-3-5-6-7-8(3)1-2-9/h1H2,(H2,4,5,7). The molecule has 1 rings (SSSR count). The topological polar surface area (TPSA) is 86.7 Å². The van der Waals surface area contributed by atoms with Crippen molar-refractivity contribution in [3.63, 3.8) is 0 Å². The van der Waals surface area contributed by atoms with E-state index in [1.54, 1.807) is 6.29 Å². The van der Waals surface area contributed by atoms with E-state index in [0.717, 1.165) is 4.68 Å². The van der Waals surface area contributed by atoms with E-state index in [2.05, 4.69) is 15.5 Å². The van der Waals surface area contributed by atoms with Crippen molar-refractivity contribution in [1.29, 1.82) is 0 Å². The lowest BCUT2D eigenvalue weighted by atomic mass is 10.7. The first-order valence-electron chi connectivity index (χ1n) is 2.21. The fourth-order valence-electron chi connectivity index (χ4n) is 0.385. The molecule has 6 nitrogen and oxygen atoms in total. The van der Waals surface area contributed by atoms with E-state index in [9.17, 15) is 4.79 Å². The number of hydrogen-bond donors (Lipinski definition) is 1. The highest BCUT2D eigenvalue weighted by atomic mass is 16.1. The molecule has 0 aliphatic rings. The molecule has 1 heterocycles. The van der Waals surface area contributed by atoms with E-state index >= 15 is 0 Å². The molecule has 2 N–H and O–H groups in total. The van der Waals surface area contributed by atoms with E-state index < -0.39 is 0 Å². The van der Waals surface area contributed by atoms with Crippen molar-refractivity contribution in [3.05, 3.63) is 0 Å². The first kappa shape index (κ1) is 5.67. The molecule has 0 saturated carbocycles. The van der Waals surface area contributed by atoms with Gasteiger partial charge in [0.25, 0.3) is 0 Å². The van der Waals surface area contributed by atoms with Crippen LogP contribution in [0, 0.1) is 0 Å². The number of anilines is 1. The second-order valence-corrected chi connectivity index (χ2v) is 1.34. The van der Waals surface area contributed by atoms with E-state index in [0.29, 0.717) is 0 Å². The number of rotatable bonds is 2. The predicted octanol–water partition coefficient (Wildman–Crippen LogP) is -1.64. The van der Waals surface area contributed by atoms with Crippen LogP contribution in [0.25, 0.3) is 0 Å². The zero-order chi connectivity index (χ0) is 6.69. The fraction of sp³-hybridized carbons (Fsp3) is 0.333. The molecule has 0 bridgehead atoms. The van der Waals surface area contributed by atoms with Gasteiger partial charge >= 0.3 is 0 Å². The summed E-state index contributed by atoms with van der Waals surface area (Å²) < 4.78 is 1.15. The monoisotopic (exact) mass is 126 g/mol. The van der Waals surface area contributed by atoms with Gasteiger partial charge in [-0.2, -0.15) is 0 Å². The number of nitrogens with two attached hydrogens (primary N) is 1. The van der Waals surface area contributed by atoms with Crippen LogP contribution in [0.3, 0.4) is 0 Å². The van der Waals surface area contributed by atoms with Crippen LogP contribution >= 0.6 is 0 Å². The maximum Gasteiger partial charge on any atom is 0.240 e. The SMILES string of the molecule is Nc1nnnn1C[C]=O. The molecule has 0 unspecified atom stereocenters. The zero-order valence-corrected chi connectivity index (χ0v) is 4.48. The highest BCUT2D eigenvalue weighted by molar-refractivity contribution is 5.50. The van der Waals surface area contributed by atoms with Crippen LogP contribution in [0.2, 0.25) is 0 Å². The van der Waals surface area contributed by atoms with Crippen LogP contribution in [0.5, 0.6) is 0 Å². The lowest BCUT2D eigenvalue weighted by Crippen LogP contribution is -2.05. The summed E-state index contributed by atoms with van der Waals surface area (Å²) in [6, 6.07) is 0. The molecule has 0 saturated heterocycles. The van der Waals surface area contributed by atoms with E-state index in [4.69, 9.17) is 5.73 Å². The average Bonchev–Trinajstić information content (AvgIpc) is 2.18.